The van der Waals surface area contributed by atoms with Gasteiger partial charge in [0.25, 0.3) is 0 Å². The molecule has 0 fully saturated rings. The van der Waals surface area contributed by atoms with Gasteiger partial charge < -0.3 is 5.11 Å². The number of rotatable bonds is 4. The Balaban J connectivity index is 2.20. The standard InChI is InChI=1S/C15H14ClNO2/c1-2-10-3-6-13(17-9-10)7-11-4-5-12(15(18)19)8-14(11)16/h3-6,8-9H,2,7H2,1H3,(H,18,19). The Morgan fingerprint density at radius 2 is 2.11 bits per heavy atom. The van der Waals surface area contributed by atoms with Gasteiger partial charge in [-0.25, -0.2) is 4.79 Å². The number of aromatic nitrogens is 1. The van der Waals surface area contributed by atoms with Crippen LogP contribution in [0.25, 0.3) is 0 Å². The Morgan fingerprint density at radius 3 is 2.63 bits per heavy atom. The average Bonchev–Trinajstić information content (AvgIpc) is 2.41. The van der Waals surface area contributed by atoms with E-state index >= 15 is 0 Å². The van der Waals surface area contributed by atoms with Crippen LogP contribution in [0.15, 0.2) is 36.5 Å². The van der Waals surface area contributed by atoms with E-state index in [0.29, 0.717) is 11.4 Å². The minimum atomic E-state index is -0.973. The second-order valence-electron chi connectivity index (χ2n) is 4.30. The Labute approximate surface area is 116 Å². The highest BCUT2D eigenvalue weighted by atomic mass is 35.5. The normalized spacial score (nSPS) is 10.4. The Morgan fingerprint density at radius 1 is 1.32 bits per heavy atom. The third-order valence-electron chi connectivity index (χ3n) is 2.97. The molecule has 0 unspecified atom stereocenters. The van der Waals surface area contributed by atoms with Crippen molar-refractivity contribution in [2.45, 2.75) is 19.8 Å². The van der Waals surface area contributed by atoms with Crippen LogP contribution in [0.2, 0.25) is 5.02 Å². The van der Waals surface area contributed by atoms with Crippen molar-refractivity contribution < 1.29 is 9.90 Å². The molecule has 3 nitrogen and oxygen atoms in total. The summed E-state index contributed by atoms with van der Waals surface area (Å²) in [7, 11) is 0. The van der Waals surface area contributed by atoms with Crippen molar-refractivity contribution in [3.63, 3.8) is 0 Å². The van der Waals surface area contributed by atoms with Crippen molar-refractivity contribution in [2.75, 3.05) is 0 Å². The molecule has 1 heterocycles. The van der Waals surface area contributed by atoms with Crippen LogP contribution in [0.5, 0.6) is 0 Å². The summed E-state index contributed by atoms with van der Waals surface area (Å²) in [5.74, 6) is -0.973. The number of aromatic carboxylic acids is 1. The highest BCUT2D eigenvalue weighted by Crippen LogP contribution is 2.20. The number of carbonyl (C=O) groups is 1. The van der Waals surface area contributed by atoms with Crippen LogP contribution in [-0.4, -0.2) is 16.1 Å². The molecular formula is C15H14ClNO2. The zero-order valence-corrected chi connectivity index (χ0v) is 11.3. The van der Waals surface area contributed by atoms with E-state index < -0.39 is 5.97 Å². The van der Waals surface area contributed by atoms with E-state index in [0.717, 1.165) is 17.7 Å². The summed E-state index contributed by atoms with van der Waals surface area (Å²) in [5, 5.41) is 9.34. The molecule has 0 spiro atoms. The smallest absolute Gasteiger partial charge is 0.335 e. The van der Waals surface area contributed by atoms with Crippen LogP contribution in [0.1, 0.15) is 34.1 Å². The van der Waals surface area contributed by atoms with Gasteiger partial charge in [-0.2, -0.15) is 0 Å². The number of hydrogen-bond donors (Lipinski definition) is 1. The molecule has 0 saturated carbocycles. The third kappa shape index (κ3) is 3.32. The molecule has 0 saturated heterocycles. The van der Waals surface area contributed by atoms with Gasteiger partial charge in [0, 0.05) is 23.3 Å². The van der Waals surface area contributed by atoms with Crippen LogP contribution in [0.4, 0.5) is 0 Å². The van der Waals surface area contributed by atoms with Crippen molar-refractivity contribution in [2.24, 2.45) is 0 Å². The molecule has 4 heteroatoms. The maximum Gasteiger partial charge on any atom is 0.335 e. The fourth-order valence-electron chi connectivity index (χ4n) is 1.79. The lowest BCUT2D eigenvalue weighted by molar-refractivity contribution is 0.0697. The number of carboxylic acids is 1. The van der Waals surface area contributed by atoms with Gasteiger partial charge in [-0.05, 0) is 35.7 Å². The van der Waals surface area contributed by atoms with Gasteiger partial charge in [0.15, 0.2) is 0 Å². The Hall–Kier alpha value is -1.87. The number of pyridine rings is 1. The van der Waals surface area contributed by atoms with Gasteiger partial charge in [-0.3, -0.25) is 4.98 Å². The summed E-state index contributed by atoms with van der Waals surface area (Å²) >= 11 is 6.09. The van der Waals surface area contributed by atoms with E-state index in [2.05, 4.69) is 11.9 Å². The first-order valence-corrected chi connectivity index (χ1v) is 6.43. The highest BCUT2D eigenvalue weighted by molar-refractivity contribution is 6.31. The summed E-state index contributed by atoms with van der Waals surface area (Å²) in [5.41, 5.74) is 3.18. The summed E-state index contributed by atoms with van der Waals surface area (Å²) in [6.45, 7) is 2.08. The minimum absolute atomic E-state index is 0.197. The predicted molar refractivity (Wildman–Crippen MR) is 74.8 cm³/mol. The molecule has 0 amide bonds. The lowest BCUT2D eigenvalue weighted by atomic mass is 10.1. The quantitative estimate of drug-likeness (QED) is 0.928. The van der Waals surface area contributed by atoms with Crippen molar-refractivity contribution in [3.05, 3.63) is 63.9 Å². The van der Waals surface area contributed by atoms with E-state index in [1.807, 2.05) is 18.3 Å². The van der Waals surface area contributed by atoms with E-state index in [1.165, 1.54) is 11.6 Å². The molecular weight excluding hydrogens is 262 g/mol. The number of nitrogens with zero attached hydrogens (tertiary/aromatic N) is 1. The molecule has 0 atom stereocenters. The zero-order valence-electron chi connectivity index (χ0n) is 10.6. The van der Waals surface area contributed by atoms with Gasteiger partial charge in [0.05, 0.1) is 5.56 Å². The average molecular weight is 276 g/mol. The summed E-state index contributed by atoms with van der Waals surface area (Å²) < 4.78 is 0. The summed E-state index contributed by atoms with van der Waals surface area (Å²) in [6, 6.07) is 8.78. The van der Waals surface area contributed by atoms with Crippen molar-refractivity contribution in [3.8, 4) is 0 Å². The molecule has 98 valence electrons. The topological polar surface area (TPSA) is 50.2 Å². The first-order chi connectivity index (χ1) is 9.10. The van der Waals surface area contributed by atoms with Crippen molar-refractivity contribution in [1.29, 1.82) is 0 Å². The lowest BCUT2D eigenvalue weighted by Crippen LogP contribution is -1.99. The fraction of sp³-hybridized carbons (Fsp3) is 0.200. The first kappa shape index (κ1) is 13.6. The molecule has 0 aliphatic rings. The monoisotopic (exact) mass is 275 g/mol. The number of benzene rings is 1. The fourth-order valence-corrected chi connectivity index (χ4v) is 2.04. The van der Waals surface area contributed by atoms with Crippen LogP contribution in [-0.2, 0) is 12.8 Å². The number of hydrogen-bond acceptors (Lipinski definition) is 2. The van der Waals surface area contributed by atoms with E-state index in [-0.39, 0.29) is 5.56 Å². The van der Waals surface area contributed by atoms with Gasteiger partial charge in [-0.15, -0.1) is 0 Å². The predicted octanol–water partition coefficient (Wildman–Crippen LogP) is 3.59. The molecule has 0 aliphatic carbocycles. The highest BCUT2D eigenvalue weighted by Gasteiger charge is 2.08. The Bertz CT molecular complexity index is 594. The second-order valence-corrected chi connectivity index (χ2v) is 4.71. The van der Waals surface area contributed by atoms with Crippen LogP contribution in [0.3, 0.4) is 0 Å². The van der Waals surface area contributed by atoms with Gasteiger partial charge >= 0.3 is 5.97 Å². The molecule has 1 aromatic heterocycles. The maximum atomic E-state index is 10.8. The van der Waals surface area contributed by atoms with Crippen molar-refractivity contribution >= 4 is 17.6 Å². The van der Waals surface area contributed by atoms with Gasteiger partial charge in [0.2, 0.25) is 0 Å². The lowest BCUT2D eigenvalue weighted by Gasteiger charge is -2.06. The molecule has 0 bridgehead atoms. The van der Waals surface area contributed by atoms with E-state index in [9.17, 15) is 4.79 Å². The molecule has 1 aromatic carbocycles. The third-order valence-corrected chi connectivity index (χ3v) is 3.32. The Kier molecular flexibility index (Phi) is 4.17. The zero-order chi connectivity index (χ0) is 13.8. The van der Waals surface area contributed by atoms with Gasteiger partial charge in [0.1, 0.15) is 0 Å². The number of carboxylic acid groups (broad SMARTS) is 1. The van der Waals surface area contributed by atoms with Crippen LogP contribution >= 0.6 is 11.6 Å². The minimum Gasteiger partial charge on any atom is -0.478 e. The largest absolute Gasteiger partial charge is 0.478 e. The molecule has 1 N–H and O–H groups in total. The van der Waals surface area contributed by atoms with Crippen LogP contribution in [0, 0.1) is 0 Å². The van der Waals surface area contributed by atoms with Crippen LogP contribution < -0.4 is 0 Å². The molecule has 0 radical (unpaired) electrons. The SMILES string of the molecule is CCc1ccc(Cc2ccc(C(=O)O)cc2Cl)nc1. The summed E-state index contributed by atoms with van der Waals surface area (Å²) in [4.78, 5) is 15.2. The van der Waals surface area contributed by atoms with Gasteiger partial charge in [-0.1, -0.05) is 30.7 Å². The molecule has 19 heavy (non-hydrogen) atoms. The molecule has 2 aromatic rings. The van der Waals surface area contributed by atoms with Crippen molar-refractivity contribution in [1.82, 2.24) is 4.98 Å². The number of aryl methyl sites for hydroxylation is 1. The molecule has 0 aliphatic heterocycles. The summed E-state index contributed by atoms with van der Waals surface area (Å²) in [6.07, 6.45) is 3.42. The maximum absolute atomic E-state index is 10.8. The van der Waals surface area contributed by atoms with E-state index in [4.69, 9.17) is 16.7 Å². The second kappa shape index (κ2) is 5.85. The first-order valence-electron chi connectivity index (χ1n) is 6.05. The number of halogens is 1. The molecule has 2 rings (SSSR count). The van der Waals surface area contributed by atoms with E-state index in [1.54, 1.807) is 12.1 Å².